The first-order valence-electron chi connectivity index (χ1n) is 6.44. The third kappa shape index (κ3) is 2.69. The van der Waals surface area contributed by atoms with Crippen LogP contribution in [0.5, 0.6) is 0 Å². The molecule has 102 valence electrons. The zero-order valence-corrected chi connectivity index (χ0v) is 11.1. The van der Waals surface area contributed by atoms with Gasteiger partial charge in [-0.25, -0.2) is 0 Å². The van der Waals surface area contributed by atoms with Gasteiger partial charge in [-0.1, -0.05) is 5.16 Å². The Morgan fingerprint density at radius 3 is 3.11 bits per heavy atom. The van der Waals surface area contributed by atoms with Crippen molar-refractivity contribution in [3.63, 3.8) is 0 Å². The summed E-state index contributed by atoms with van der Waals surface area (Å²) in [6.07, 6.45) is 1.83. The number of nitrogens with zero attached hydrogens (tertiary/aromatic N) is 3. The lowest BCUT2D eigenvalue weighted by molar-refractivity contribution is -0.0555. The molecule has 0 spiro atoms. The summed E-state index contributed by atoms with van der Waals surface area (Å²) in [5.41, 5.74) is 0. The predicted octanol–water partition coefficient (Wildman–Crippen LogP) is 1.94. The van der Waals surface area contributed by atoms with Gasteiger partial charge in [0, 0.05) is 12.6 Å². The summed E-state index contributed by atoms with van der Waals surface area (Å²) in [7, 11) is 0. The van der Waals surface area contributed by atoms with Crippen LogP contribution in [-0.2, 0) is 11.3 Å². The van der Waals surface area contributed by atoms with Gasteiger partial charge in [-0.05, 0) is 26.0 Å². The zero-order chi connectivity index (χ0) is 13.2. The summed E-state index contributed by atoms with van der Waals surface area (Å²) < 4.78 is 16.1. The normalized spacial score (nSPS) is 24.7. The molecule has 3 heterocycles. The van der Waals surface area contributed by atoms with E-state index in [0.29, 0.717) is 30.1 Å². The molecule has 0 aromatic carbocycles. The molecule has 6 nitrogen and oxygen atoms in total. The third-order valence-electron chi connectivity index (χ3n) is 3.28. The van der Waals surface area contributed by atoms with Crippen molar-refractivity contribution >= 4 is 0 Å². The van der Waals surface area contributed by atoms with Gasteiger partial charge in [0.25, 0.3) is 0 Å². The highest BCUT2D eigenvalue weighted by molar-refractivity contribution is 5.44. The van der Waals surface area contributed by atoms with Crippen LogP contribution in [0.3, 0.4) is 0 Å². The molecule has 0 N–H and O–H groups in total. The first-order chi connectivity index (χ1) is 9.22. The van der Waals surface area contributed by atoms with E-state index in [1.54, 1.807) is 12.3 Å². The fourth-order valence-electron chi connectivity index (χ4n) is 2.19. The van der Waals surface area contributed by atoms with Crippen LogP contribution in [0.25, 0.3) is 11.6 Å². The number of hydrogen-bond donors (Lipinski definition) is 0. The van der Waals surface area contributed by atoms with Crippen molar-refractivity contribution in [3.05, 3.63) is 24.3 Å². The SMILES string of the molecule is C[C@@H]1CO[C@@H](C)CN1Cc1nc(-c2ccco2)no1. The smallest absolute Gasteiger partial charge is 0.241 e. The van der Waals surface area contributed by atoms with Crippen molar-refractivity contribution in [2.45, 2.75) is 32.5 Å². The van der Waals surface area contributed by atoms with E-state index in [2.05, 4.69) is 28.9 Å². The molecule has 2 aromatic heterocycles. The Bertz CT molecular complexity index is 523. The van der Waals surface area contributed by atoms with Gasteiger partial charge in [-0.3, -0.25) is 4.90 Å². The molecule has 0 amide bonds. The van der Waals surface area contributed by atoms with Crippen molar-refractivity contribution < 1.29 is 13.7 Å². The topological polar surface area (TPSA) is 64.5 Å². The van der Waals surface area contributed by atoms with Crippen molar-refractivity contribution in [1.29, 1.82) is 0 Å². The summed E-state index contributed by atoms with van der Waals surface area (Å²) in [6.45, 7) is 6.46. The van der Waals surface area contributed by atoms with Crippen LogP contribution in [0, 0.1) is 0 Å². The molecule has 0 unspecified atom stereocenters. The Kier molecular flexibility index (Phi) is 3.35. The quantitative estimate of drug-likeness (QED) is 0.843. The summed E-state index contributed by atoms with van der Waals surface area (Å²) in [6, 6.07) is 3.97. The van der Waals surface area contributed by atoms with E-state index in [1.807, 2.05) is 6.07 Å². The molecule has 2 atom stereocenters. The van der Waals surface area contributed by atoms with Gasteiger partial charge in [0.2, 0.25) is 11.7 Å². The maximum absolute atomic E-state index is 5.60. The number of hydrogen-bond acceptors (Lipinski definition) is 6. The van der Waals surface area contributed by atoms with E-state index in [4.69, 9.17) is 13.7 Å². The largest absolute Gasteiger partial charge is 0.461 e. The molecular weight excluding hydrogens is 246 g/mol. The van der Waals surface area contributed by atoms with Gasteiger partial charge in [-0.15, -0.1) is 0 Å². The average molecular weight is 263 g/mol. The van der Waals surface area contributed by atoms with E-state index in [0.717, 1.165) is 13.2 Å². The Morgan fingerprint density at radius 2 is 2.32 bits per heavy atom. The van der Waals surface area contributed by atoms with Gasteiger partial charge < -0.3 is 13.7 Å². The molecule has 1 fully saturated rings. The van der Waals surface area contributed by atoms with Crippen LogP contribution < -0.4 is 0 Å². The standard InChI is InChI=1S/C13H17N3O3/c1-9-8-18-10(2)6-16(9)7-12-14-13(15-19-12)11-4-3-5-17-11/h3-5,9-10H,6-8H2,1-2H3/t9-,10+/m1/s1. The van der Waals surface area contributed by atoms with E-state index in [9.17, 15) is 0 Å². The molecule has 19 heavy (non-hydrogen) atoms. The van der Waals surface area contributed by atoms with Gasteiger partial charge >= 0.3 is 0 Å². The van der Waals surface area contributed by atoms with Crippen LogP contribution in [0.2, 0.25) is 0 Å². The Morgan fingerprint density at radius 1 is 1.42 bits per heavy atom. The number of ether oxygens (including phenoxy) is 1. The minimum absolute atomic E-state index is 0.240. The minimum Gasteiger partial charge on any atom is -0.461 e. The summed E-state index contributed by atoms with van der Waals surface area (Å²) in [4.78, 5) is 6.64. The third-order valence-corrected chi connectivity index (χ3v) is 3.28. The highest BCUT2D eigenvalue weighted by Crippen LogP contribution is 2.18. The lowest BCUT2D eigenvalue weighted by atomic mass is 10.2. The molecule has 6 heteroatoms. The molecule has 2 aromatic rings. The van der Waals surface area contributed by atoms with Crippen molar-refractivity contribution in [3.8, 4) is 11.6 Å². The fraction of sp³-hybridized carbons (Fsp3) is 0.538. The first kappa shape index (κ1) is 12.4. The monoisotopic (exact) mass is 263 g/mol. The molecule has 1 saturated heterocycles. The van der Waals surface area contributed by atoms with Gasteiger partial charge in [0.05, 0.1) is 25.5 Å². The van der Waals surface area contributed by atoms with E-state index in [1.165, 1.54) is 0 Å². The summed E-state index contributed by atoms with van der Waals surface area (Å²) in [5.74, 6) is 1.72. The van der Waals surface area contributed by atoms with E-state index >= 15 is 0 Å². The minimum atomic E-state index is 0.240. The van der Waals surface area contributed by atoms with Crippen LogP contribution >= 0.6 is 0 Å². The first-order valence-corrected chi connectivity index (χ1v) is 6.44. The Hall–Kier alpha value is -1.66. The number of rotatable bonds is 3. The van der Waals surface area contributed by atoms with Crippen LogP contribution in [0.4, 0.5) is 0 Å². The maximum Gasteiger partial charge on any atom is 0.241 e. The molecule has 1 aliphatic heterocycles. The second kappa shape index (κ2) is 5.14. The molecular formula is C13H17N3O3. The summed E-state index contributed by atoms with van der Waals surface area (Å²) in [5, 5.41) is 3.93. The Balaban J connectivity index is 1.70. The number of morpholine rings is 1. The molecule has 0 bridgehead atoms. The van der Waals surface area contributed by atoms with Crippen molar-refractivity contribution in [1.82, 2.24) is 15.0 Å². The van der Waals surface area contributed by atoms with Crippen LogP contribution in [0.1, 0.15) is 19.7 Å². The molecule has 0 saturated carbocycles. The van der Waals surface area contributed by atoms with E-state index in [-0.39, 0.29) is 6.10 Å². The molecule has 3 rings (SSSR count). The van der Waals surface area contributed by atoms with Crippen molar-refractivity contribution in [2.75, 3.05) is 13.2 Å². The van der Waals surface area contributed by atoms with Crippen LogP contribution in [-0.4, -0.2) is 40.3 Å². The highest BCUT2D eigenvalue weighted by atomic mass is 16.5. The predicted molar refractivity (Wildman–Crippen MR) is 67.3 cm³/mol. The summed E-state index contributed by atoms with van der Waals surface area (Å²) >= 11 is 0. The van der Waals surface area contributed by atoms with Crippen LogP contribution in [0.15, 0.2) is 27.3 Å². The zero-order valence-electron chi connectivity index (χ0n) is 11.1. The lowest BCUT2D eigenvalue weighted by Crippen LogP contribution is -2.46. The van der Waals surface area contributed by atoms with Gasteiger partial charge in [-0.2, -0.15) is 4.98 Å². The molecule has 1 aliphatic rings. The number of furan rings is 1. The van der Waals surface area contributed by atoms with Gasteiger partial charge in [0.15, 0.2) is 5.76 Å². The molecule has 0 aliphatic carbocycles. The van der Waals surface area contributed by atoms with Gasteiger partial charge in [0.1, 0.15) is 0 Å². The fourth-order valence-corrected chi connectivity index (χ4v) is 2.19. The Labute approximate surface area is 111 Å². The maximum atomic E-state index is 5.60. The number of aromatic nitrogens is 2. The second-order valence-corrected chi connectivity index (χ2v) is 4.91. The second-order valence-electron chi connectivity index (χ2n) is 4.91. The highest BCUT2D eigenvalue weighted by Gasteiger charge is 2.25. The molecule has 0 radical (unpaired) electrons. The lowest BCUT2D eigenvalue weighted by Gasteiger charge is -2.35. The van der Waals surface area contributed by atoms with Crippen molar-refractivity contribution in [2.24, 2.45) is 0 Å². The van der Waals surface area contributed by atoms with E-state index < -0.39 is 0 Å². The average Bonchev–Trinajstić information content (AvgIpc) is 3.04.